The highest BCUT2D eigenvalue weighted by molar-refractivity contribution is 7.98. The standard InChI is InChI=1S/C13H13ClN2S/c1-9-2-3-10(11(14)6-9)8-17-13-4-5-16-7-12(13)15/h2-7H,8,15H2,1H3. The largest absolute Gasteiger partial charge is 0.397 e. The van der Waals surface area contributed by atoms with Crippen molar-refractivity contribution in [1.82, 2.24) is 4.98 Å². The minimum atomic E-state index is 0.709. The predicted molar refractivity (Wildman–Crippen MR) is 74.4 cm³/mol. The number of thioether (sulfide) groups is 1. The van der Waals surface area contributed by atoms with Crippen LogP contribution in [-0.4, -0.2) is 4.98 Å². The fourth-order valence-corrected chi connectivity index (χ4v) is 2.77. The molecule has 0 aliphatic heterocycles. The molecule has 0 saturated heterocycles. The van der Waals surface area contributed by atoms with E-state index in [0.717, 1.165) is 21.2 Å². The first-order chi connectivity index (χ1) is 8.16. The van der Waals surface area contributed by atoms with E-state index in [9.17, 15) is 0 Å². The lowest BCUT2D eigenvalue weighted by atomic mass is 10.2. The molecule has 1 heterocycles. The third kappa shape index (κ3) is 3.14. The van der Waals surface area contributed by atoms with Crippen LogP contribution in [0, 0.1) is 6.92 Å². The first-order valence-corrected chi connectivity index (χ1v) is 6.60. The maximum absolute atomic E-state index is 6.18. The first-order valence-electron chi connectivity index (χ1n) is 5.24. The van der Waals surface area contributed by atoms with Gasteiger partial charge in [-0.25, -0.2) is 0 Å². The lowest BCUT2D eigenvalue weighted by molar-refractivity contribution is 1.26. The van der Waals surface area contributed by atoms with E-state index in [2.05, 4.69) is 17.1 Å². The summed E-state index contributed by atoms with van der Waals surface area (Å²) in [5.41, 5.74) is 8.84. The number of benzene rings is 1. The Morgan fingerprint density at radius 2 is 2.18 bits per heavy atom. The molecule has 0 radical (unpaired) electrons. The van der Waals surface area contributed by atoms with Gasteiger partial charge in [0.2, 0.25) is 0 Å². The van der Waals surface area contributed by atoms with Gasteiger partial charge >= 0.3 is 0 Å². The molecular weight excluding hydrogens is 252 g/mol. The first kappa shape index (κ1) is 12.3. The highest BCUT2D eigenvalue weighted by atomic mass is 35.5. The van der Waals surface area contributed by atoms with Crippen LogP contribution >= 0.6 is 23.4 Å². The molecule has 1 aromatic heterocycles. The molecule has 1 aromatic carbocycles. The van der Waals surface area contributed by atoms with Gasteiger partial charge in [0, 0.05) is 21.9 Å². The molecule has 2 aromatic rings. The fourth-order valence-electron chi connectivity index (χ4n) is 1.45. The normalized spacial score (nSPS) is 10.5. The number of aromatic nitrogens is 1. The summed E-state index contributed by atoms with van der Waals surface area (Å²) < 4.78 is 0. The van der Waals surface area contributed by atoms with Gasteiger partial charge in [-0.2, -0.15) is 0 Å². The summed E-state index contributed by atoms with van der Waals surface area (Å²) in [6, 6.07) is 8.02. The van der Waals surface area contributed by atoms with Gasteiger partial charge < -0.3 is 5.73 Å². The van der Waals surface area contributed by atoms with E-state index in [1.807, 2.05) is 19.1 Å². The quantitative estimate of drug-likeness (QED) is 0.854. The topological polar surface area (TPSA) is 38.9 Å². The number of nitrogens with zero attached hydrogens (tertiary/aromatic N) is 1. The predicted octanol–water partition coefficient (Wildman–Crippen LogP) is 3.92. The number of hydrogen-bond acceptors (Lipinski definition) is 3. The molecule has 0 saturated carbocycles. The monoisotopic (exact) mass is 264 g/mol. The van der Waals surface area contributed by atoms with Crippen LogP contribution in [0.25, 0.3) is 0 Å². The lowest BCUT2D eigenvalue weighted by Gasteiger charge is -2.06. The van der Waals surface area contributed by atoms with Crippen LogP contribution in [0.1, 0.15) is 11.1 Å². The van der Waals surface area contributed by atoms with Gasteiger partial charge in [0.25, 0.3) is 0 Å². The van der Waals surface area contributed by atoms with E-state index in [0.29, 0.717) is 5.69 Å². The SMILES string of the molecule is Cc1ccc(CSc2ccncc2N)c(Cl)c1. The van der Waals surface area contributed by atoms with Gasteiger partial charge in [0.1, 0.15) is 0 Å². The summed E-state index contributed by atoms with van der Waals surface area (Å²) in [6.45, 7) is 2.03. The van der Waals surface area contributed by atoms with E-state index in [1.54, 1.807) is 24.2 Å². The van der Waals surface area contributed by atoms with Crippen molar-refractivity contribution in [3.8, 4) is 0 Å². The minimum absolute atomic E-state index is 0.709. The van der Waals surface area contributed by atoms with Crippen LogP contribution in [0.15, 0.2) is 41.6 Å². The van der Waals surface area contributed by atoms with Gasteiger partial charge in [-0.05, 0) is 30.2 Å². The van der Waals surface area contributed by atoms with E-state index in [1.165, 1.54) is 5.56 Å². The van der Waals surface area contributed by atoms with Gasteiger partial charge in [-0.1, -0.05) is 23.7 Å². The number of anilines is 1. The minimum Gasteiger partial charge on any atom is -0.397 e. The molecule has 17 heavy (non-hydrogen) atoms. The summed E-state index contributed by atoms with van der Waals surface area (Å²) in [5, 5.41) is 0.810. The van der Waals surface area contributed by atoms with Crippen LogP contribution in [-0.2, 0) is 5.75 Å². The number of nitrogen functional groups attached to an aromatic ring is 1. The van der Waals surface area contributed by atoms with Crippen molar-refractivity contribution >= 4 is 29.1 Å². The van der Waals surface area contributed by atoms with Crippen molar-refractivity contribution in [1.29, 1.82) is 0 Å². The van der Waals surface area contributed by atoms with Gasteiger partial charge in [0.05, 0.1) is 11.9 Å². The van der Waals surface area contributed by atoms with Crippen molar-refractivity contribution in [2.45, 2.75) is 17.6 Å². The van der Waals surface area contributed by atoms with Crippen molar-refractivity contribution < 1.29 is 0 Å². The van der Waals surface area contributed by atoms with Crippen molar-refractivity contribution in [3.63, 3.8) is 0 Å². The zero-order valence-electron chi connectivity index (χ0n) is 9.48. The molecular formula is C13H13ClN2S. The highest BCUT2D eigenvalue weighted by Gasteiger charge is 2.03. The molecule has 0 unspecified atom stereocenters. The second-order valence-corrected chi connectivity index (χ2v) is 5.22. The zero-order chi connectivity index (χ0) is 12.3. The number of hydrogen-bond donors (Lipinski definition) is 1. The Kier molecular flexibility index (Phi) is 3.92. The van der Waals surface area contributed by atoms with Crippen LogP contribution in [0.4, 0.5) is 5.69 Å². The molecule has 88 valence electrons. The highest BCUT2D eigenvalue weighted by Crippen LogP contribution is 2.29. The Bertz CT molecular complexity index is 529. The average Bonchev–Trinajstić information content (AvgIpc) is 2.30. The molecule has 4 heteroatoms. The summed E-state index contributed by atoms with van der Waals surface area (Å²) >= 11 is 7.85. The number of aryl methyl sites for hydroxylation is 1. The number of pyridine rings is 1. The van der Waals surface area contributed by atoms with E-state index in [-0.39, 0.29) is 0 Å². The summed E-state index contributed by atoms with van der Waals surface area (Å²) in [4.78, 5) is 5.00. The smallest absolute Gasteiger partial charge is 0.0638 e. The van der Waals surface area contributed by atoms with Crippen LogP contribution < -0.4 is 5.73 Å². The average molecular weight is 265 g/mol. The maximum atomic E-state index is 6.18. The van der Waals surface area contributed by atoms with E-state index in [4.69, 9.17) is 17.3 Å². The molecule has 0 amide bonds. The molecule has 0 bridgehead atoms. The molecule has 0 fully saturated rings. The number of nitrogens with two attached hydrogens (primary N) is 1. The molecule has 0 aliphatic rings. The van der Waals surface area contributed by atoms with Crippen molar-refractivity contribution in [2.24, 2.45) is 0 Å². The molecule has 0 atom stereocenters. The Morgan fingerprint density at radius 3 is 2.88 bits per heavy atom. The Hall–Kier alpha value is -1.19. The number of rotatable bonds is 3. The second kappa shape index (κ2) is 5.43. The molecule has 2 rings (SSSR count). The van der Waals surface area contributed by atoms with E-state index >= 15 is 0 Å². The molecule has 2 nitrogen and oxygen atoms in total. The van der Waals surface area contributed by atoms with Gasteiger partial charge in [-0.3, -0.25) is 4.98 Å². The Morgan fingerprint density at radius 1 is 1.35 bits per heavy atom. The molecule has 0 aliphatic carbocycles. The second-order valence-electron chi connectivity index (χ2n) is 3.80. The van der Waals surface area contributed by atoms with E-state index < -0.39 is 0 Å². The lowest BCUT2D eigenvalue weighted by Crippen LogP contribution is -1.90. The third-order valence-corrected chi connectivity index (χ3v) is 3.89. The van der Waals surface area contributed by atoms with Gasteiger partial charge in [0.15, 0.2) is 0 Å². The summed E-state index contributed by atoms with van der Waals surface area (Å²) in [6.07, 6.45) is 3.41. The zero-order valence-corrected chi connectivity index (χ0v) is 11.1. The molecule has 2 N–H and O–H groups in total. The van der Waals surface area contributed by atoms with Gasteiger partial charge in [-0.15, -0.1) is 11.8 Å². The maximum Gasteiger partial charge on any atom is 0.0638 e. The van der Waals surface area contributed by atoms with Crippen LogP contribution in [0.2, 0.25) is 5.02 Å². The number of halogens is 1. The summed E-state index contributed by atoms with van der Waals surface area (Å²) in [5.74, 6) is 0.813. The third-order valence-electron chi connectivity index (χ3n) is 2.40. The van der Waals surface area contributed by atoms with Crippen LogP contribution in [0.5, 0.6) is 0 Å². The summed E-state index contributed by atoms with van der Waals surface area (Å²) in [7, 11) is 0. The Labute approximate surface area is 110 Å². The Balaban J connectivity index is 2.10. The van der Waals surface area contributed by atoms with Crippen molar-refractivity contribution in [3.05, 3.63) is 52.8 Å². The molecule has 0 spiro atoms. The van der Waals surface area contributed by atoms with Crippen molar-refractivity contribution in [2.75, 3.05) is 5.73 Å². The van der Waals surface area contributed by atoms with Crippen LogP contribution in [0.3, 0.4) is 0 Å². The fraction of sp³-hybridized carbons (Fsp3) is 0.154.